The van der Waals surface area contributed by atoms with Crippen LogP contribution in [0.5, 0.6) is 11.5 Å². The van der Waals surface area contributed by atoms with Gasteiger partial charge in [0.2, 0.25) is 0 Å². The molecule has 0 saturated carbocycles. The van der Waals surface area contributed by atoms with Crippen LogP contribution in [0.4, 0.5) is 8.78 Å². The molecule has 0 spiro atoms. The van der Waals surface area contributed by atoms with E-state index in [1.807, 2.05) is 6.92 Å². The number of halogens is 2. The zero-order valence-corrected chi connectivity index (χ0v) is 16.0. The zero-order chi connectivity index (χ0) is 20.8. The molecule has 154 valence electrons. The molecule has 0 bridgehead atoms. The number of amides is 2. The Hall–Kier alpha value is -3.16. The van der Waals surface area contributed by atoms with E-state index in [4.69, 9.17) is 4.74 Å². The first-order valence-corrected chi connectivity index (χ1v) is 9.35. The second kappa shape index (κ2) is 9.36. The van der Waals surface area contributed by atoms with Crippen molar-refractivity contribution in [2.24, 2.45) is 0 Å². The molecule has 1 aliphatic rings. The van der Waals surface area contributed by atoms with Crippen LogP contribution in [-0.2, 0) is 0 Å². The molecule has 6 nitrogen and oxygen atoms in total. The second-order valence-electron chi connectivity index (χ2n) is 6.39. The SMILES string of the molecule is CCOc1ccccc1C(=O)N1CCN(C(=O)c2ccccc2OC(F)F)CC1. The Labute approximate surface area is 167 Å². The predicted octanol–water partition coefficient (Wildman–Crippen LogP) is 3.28. The molecule has 1 aliphatic heterocycles. The number of ether oxygens (including phenoxy) is 2. The fourth-order valence-corrected chi connectivity index (χ4v) is 3.22. The molecule has 2 aromatic carbocycles. The van der Waals surface area contributed by atoms with Gasteiger partial charge in [-0.3, -0.25) is 9.59 Å². The molecule has 1 saturated heterocycles. The van der Waals surface area contributed by atoms with Crippen LogP contribution < -0.4 is 9.47 Å². The number of para-hydroxylation sites is 2. The van der Waals surface area contributed by atoms with Gasteiger partial charge in [0, 0.05) is 26.2 Å². The summed E-state index contributed by atoms with van der Waals surface area (Å²) in [6.07, 6.45) is 0. The van der Waals surface area contributed by atoms with Gasteiger partial charge in [-0.25, -0.2) is 0 Å². The lowest BCUT2D eigenvalue weighted by Crippen LogP contribution is -2.50. The third kappa shape index (κ3) is 4.82. The van der Waals surface area contributed by atoms with Crippen molar-refractivity contribution < 1.29 is 27.8 Å². The minimum Gasteiger partial charge on any atom is -0.493 e. The summed E-state index contributed by atoms with van der Waals surface area (Å²) < 4.78 is 35.2. The number of carbonyl (C=O) groups is 2. The van der Waals surface area contributed by atoms with Gasteiger partial charge in [0.25, 0.3) is 11.8 Å². The average molecular weight is 404 g/mol. The standard InChI is InChI=1S/C21H22F2N2O4/c1-2-28-17-9-5-3-7-15(17)19(26)24-11-13-25(14-12-24)20(27)16-8-4-6-10-18(16)29-21(22)23/h3-10,21H,2,11-14H2,1H3. The molecule has 1 heterocycles. The summed E-state index contributed by atoms with van der Waals surface area (Å²) in [5, 5.41) is 0. The van der Waals surface area contributed by atoms with Gasteiger partial charge in [-0.1, -0.05) is 24.3 Å². The summed E-state index contributed by atoms with van der Waals surface area (Å²) in [5.41, 5.74) is 0.555. The number of carbonyl (C=O) groups excluding carboxylic acids is 2. The van der Waals surface area contributed by atoms with E-state index in [-0.39, 0.29) is 17.2 Å². The maximum absolute atomic E-state index is 12.9. The molecule has 1 fully saturated rings. The molecule has 2 amide bonds. The summed E-state index contributed by atoms with van der Waals surface area (Å²) in [5.74, 6) is -0.195. The van der Waals surface area contributed by atoms with Gasteiger partial charge in [-0.2, -0.15) is 8.78 Å². The van der Waals surface area contributed by atoms with Gasteiger partial charge in [0.15, 0.2) is 0 Å². The quantitative estimate of drug-likeness (QED) is 0.742. The maximum atomic E-state index is 12.9. The van der Waals surface area contributed by atoms with Crippen LogP contribution in [0.25, 0.3) is 0 Å². The van der Waals surface area contributed by atoms with Gasteiger partial charge < -0.3 is 19.3 Å². The number of benzene rings is 2. The molecule has 8 heteroatoms. The van der Waals surface area contributed by atoms with Crippen LogP contribution in [0.2, 0.25) is 0 Å². The van der Waals surface area contributed by atoms with Crippen LogP contribution >= 0.6 is 0 Å². The van der Waals surface area contributed by atoms with Gasteiger partial charge in [-0.15, -0.1) is 0 Å². The van der Waals surface area contributed by atoms with Crippen molar-refractivity contribution in [2.45, 2.75) is 13.5 Å². The number of alkyl halides is 2. The van der Waals surface area contributed by atoms with Crippen LogP contribution in [0.15, 0.2) is 48.5 Å². The minimum absolute atomic E-state index is 0.0780. The van der Waals surface area contributed by atoms with E-state index in [1.54, 1.807) is 35.2 Å². The Bertz CT molecular complexity index is 867. The van der Waals surface area contributed by atoms with Gasteiger partial charge in [0.1, 0.15) is 11.5 Å². The Morgan fingerprint density at radius 2 is 1.31 bits per heavy atom. The van der Waals surface area contributed by atoms with Crippen molar-refractivity contribution in [1.29, 1.82) is 0 Å². The summed E-state index contributed by atoms with van der Waals surface area (Å²) >= 11 is 0. The fraction of sp³-hybridized carbons (Fsp3) is 0.333. The summed E-state index contributed by atoms with van der Waals surface area (Å²) in [4.78, 5) is 28.8. The molecule has 0 aromatic heterocycles. The summed E-state index contributed by atoms with van der Waals surface area (Å²) in [7, 11) is 0. The predicted molar refractivity (Wildman–Crippen MR) is 102 cm³/mol. The van der Waals surface area contributed by atoms with Crippen LogP contribution in [0.1, 0.15) is 27.6 Å². The zero-order valence-electron chi connectivity index (χ0n) is 16.0. The number of piperazine rings is 1. The van der Waals surface area contributed by atoms with Crippen molar-refractivity contribution in [2.75, 3.05) is 32.8 Å². The van der Waals surface area contributed by atoms with Crippen molar-refractivity contribution >= 4 is 11.8 Å². The molecule has 29 heavy (non-hydrogen) atoms. The van der Waals surface area contributed by atoms with E-state index >= 15 is 0 Å². The average Bonchev–Trinajstić information content (AvgIpc) is 2.73. The number of hydrogen-bond acceptors (Lipinski definition) is 4. The normalized spacial score (nSPS) is 14.1. The van der Waals surface area contributed by atoms with E-state index in [0.29, 0.717) is 44.1 Å². The van der Waals surface area contributed by atoms with E-state index < -0.39 is 12.5 Å². The Morgan fingerprint density at radius 3 is 1.79 bits per heavy atom. The van der Waals surface area contributed by atoms with Gasteiger partial charge >= 0.3 is 6.61 Å². The Kier molecular flexibility index (Phi) is 6.64. The first-order valence-electron chi connectivity index (χ1n) is 9.35. The molecule has 0 N–H and O–H groups in total. The maximum Gasteiger partial charge on any atom is 0.387 e. The molecule has 2 aromatic rings. The van der Waals surface area contributed by atoms with Gasteiger partial charge in [0.05, 0.1) is 17.7 Å². The van der Waals surface area contributed by atoms with E-state index in [0.717, 1.165) is 0 Å². The van der Waals surface area contributed by atoms with Crippen LogP contribution in [-0.4, -0.2) is 61.0 Å². The molecule has 0 radical (unpaired) electrons. The van der Waals surface area contributed by atoms with Crippen molar-refractivity contribution in [1.82, 2.24) is 9.80 Å². The lowest BCUT2D eigenvalue weighted by Gasteiger charge is -2.35. The summed E-state index contributed by atoms with van der Waals surface area (Å²) in [6, 6.07) is 12.9. The lowest BCUT2D eigenvalue weighted by molar-refractivity contribution is -0.0503. The lowest BCUT2D eigenvalue weighted by atomic mass is 10.1. The minimum atomic E-state index is -3.01. The third-order valence-corrected chi connectivity index (χ3v) is 4.60. The van der Waals surface area contributed by atoms with E-state index in [9.17, 15) is 18.4 Å². The Morgan fingerprint density at radius 1 is 0.862 bits per heavy atom. The highest BCUT2D eigenvalue weighted by molar-refractivity contribution is 5.98. The van der Waals surface area contributed by atoms with Crippen molar-refractivity contribution in [3.63, 3.8) is 0 Å². The van der Waals surface area contributed by atoms with Crippen LogP contribution in [0.3, 0.4) is 0 Å². The molecule has 0 unspecified atom stereocenters. The van der Waals surface area contributed by atoms with E-state index in [2.05, 4.69) is 4.74 Å². The third-order valence-electron chi connectivity index (χ3n) is 4.60. The largest absolute Gasteiger partial charge is 0.493 e. The highest BCUT2D eigenvalue weighted by atomic mass is 19.3. The topological polar surface area (TPSA) is 59.1 Å². The highest BCUT2D eigenvalue weighted by Crippen LogP contribution is 2.24. The Balaban J connectivity index is 1.67. The second-order valence-corrected chi connectivity index (χ2v) is 6.39. The van der Waals surface area contributed by atoms with Crippen LogP contribution in [0, 0.1) is 0 Å². The molecule has 3 rings (SSSR count). The molecule has 0 atom stereocenters. The van der Waals surface area contributed by atoms with Crippen molar-refractivity contribution in [3.8, 4) is 11.5 Å². The molecular weight excluding hydrogens is 382 g/mol. The summed E-state index contributed by atoms with van der Waals surface area (Å²) in [6.45, 7) is 0.554. The molecular formula is C21H22F2N2O4. The molecule has 0 aliphatic carbocycles. The van der Waals surface area contributed by atoms with Crippen molar-refractivity contribution in [3.05, 3.63) is 59.7 Å². The number of nitrogens with zero attached hydrogens (tertiary/aromatic N) is 2. The smallest absolute Gasteiger partial charge is 0.387 e. The monoisotopic (exact) mass is 404 g/mol. The fourth-order valence-electron chi connectivity index (χ4n) is 3.22. The highest BCUT2D eigenvalue weighted by Gasteiger charge is 2.28. The van der Waals surface area contributed by atoms with Gasteiger partial charge in [-0.05, 0) is 31.2 Å². The van der Waals surface area contributed by atoms with E-state index in [1.165, 1.54) is 23.1 Å². The first-order chi connectivity index (χ1) is 14.0. The number of rotatable bonds is 6. The number of hydrogen-bond donors (Lipinski definition) is 0. The first kappa shape index (κ1) is 20.6.